The number of imidazole rings is 1. The molecule has 0 saturated carbocycles. The van der Waals surface area contributed by atoms with Crippen molar-refractivity contribution in [2.24, 2.45) is 5.14 Å². The smallest absolute Gasteiger partial charge is 0.209 e. The van der Waals surface area contributed by atoms with Gasteiger partial charge in [0, 0.05) is 23.4 Å². The van der Waals surface area contributed by atoms with E-state index in [-0.39, 0.29) is 5.75 Å². The van der Waals surface area contributed by atoms with Crippen LogP contribution in [0.2, 0.25) is 0 Å². The van der Waals surface area contributed by atoms with Crippen molar-refractivity contribution in [3.8, 4) is 18.1 Å². The summed E-state index contributed by atoms with van der Waals surface area (Å²) in [7, 11) is -3.45. The zero-order chi connectivity index (χ0) is 22.0. The van der Waals surface area contributed by atoms with Gasteiger partial charge >= 0.3 is 0 Å². The summed E-state index contributed by atoms with van der Waals surface area (Å²) >= 11 is 1.42. The zero-order valence-electron chi connectivity index (χ0n) is 16.7. The van der Waals surface area contributed by atoms with E-state index in [0.717, 1.165) is 34.6 Å². The number of anilines is 1. The van der Waals surface area contributed by atoms with E-state index in [2.05, 4.69) is 20.9 Å². The minimum atomic E-state index is -3.45. The molecule has 9 nitrogen and oxygen atoms in total. The Morgan fingerprint density at radius 3 is 2.87 bits per heavy atom. The van der Waals surface area contributed by atoms with E-state index >= 15 is 0 Å². The number of fused-ring (bicyclic) bond motifs is 2. The second-order valence-corrected chi connectivity index (χ2v) is 9.95. The first-order chi connectivity index (χ1) is 14.9. The highest BCUT2D eigenvalue weighted by Gasteiger charge is 2.20. The lowest BCUT2D eigenvalue weighted by atomic mass is 10.1. The Kier molecular flexibility index (Phi) is 6.04. The molecule has 1 aliphatic rings. The number of benzene rings is 1. The molecule has 3 aromatic rings. The summed E-state index contributed by atoms with van der Waals surface area (Å²) in [4.78, 5) is 13.9. The predicted octanol–water partition coefficient (Wildman–Crippen LogP) is 1.93. The largest absolute Gasteiger partial charge is 0.493 e. The molecule has 0 bridgehead atoms. The van der Waals surface area contributed by atoms with Crippen LogP contribution in [-0.4, -0.2) is 40.3 Å². The maximum absolute atomic E-state index is 11.1. The van der Waals surface area contributed by atoms with Gasteiger partial charge in [-0.3, -0.25) is 0 Å². The van der Waals surface area contributed by atoms with Crippen LogP contribution in [0.25, 0.3) is 11.2 Å². The highest BCUT2D eigenvalue weighted by atomic mass is 32.2. The van der Waals surface area contributed by atoms with Gasteiger partial charge < -0.3 is 15.0 Å². The Balaban J connectivity index is 1.62. The van der Waals surface area contributed by atoms with Gasteiger partial charge in [0.2, 0.25) is 10.0 Å². The number of ether oxygens (including phenoxy) is 1. The molecule has 0 amide bonds. The van der Waals surface area contributed by atoms with E-state index in [0.29, 0.717) is 48.1 Å². The Hall–Kier alpha value is -2.81. The lowest BCUT2D eigenvalue weighted by Crippen LogP contribution is -2.16. The number of sulfonamides is 1. The first-order valence-corrected chi connectivity index (χ1v) is 12.3. The van der Waals surface area contributed by atoms with Gasteiger partial charge in [0.25, 0.3) is 0 Å². The number of aromatic nitrogens is 4. The molecular weight excluding hydrogens is 436 g/mol. The summed E-state index contributed by atoms with van der Waals surface area (Å²) < 4.78 is 29.9. The fourth-order valence-electron chi connectivity index (χ4n) is 3.47. The third-order valence-corrected chi connectivity index (χ3v) is 6.89. The van der Waals surface area contributed by atoms with Crippen molar-refractivity contribution in [1.29, 1.82) is 0 Å². The summed E-state index contributed by atoms with van der Waals surface area (Å²) in [5.41, 5.74) is 9.05. The molecule has 3 heterocycles. The second-order valence-electron chi connectivity index (χ2n) is 7.21. The van der Waals surface area contributed by atoms with E-state index in [1.165, 1.54) is 18.1 Å². The van der Waals surface area contributed by atoms with Gasteiger partial charge in [-0.1, -0.05) is 24.1 Å². The van der Waals surface area contributed by atoms with Crippen LogP contribution in [0.3, 0.4) is 0 Å². The molecule has 0 atom stereocenters. The number of nitrogens with zero attached hydrogens (tertiary/aromatic N) is 4. The van der Waals surface area contributed by atoms with Gasteiger partial charge in [-0.05, 0) is 30.5 Å². The van der Waals surface area contributed by atoms with E-state index in [4.69, 9.17) is 22.0 Å². The first-order valence-electron chi connectivity index (χ1n) is 9.77. The van der Waals surface area contributed by atoms with Gasteiger partial charge in [-0.15, -0.1) is 6.42 Å². The number of nitrogen functional groups attached to an aromatic ring is 1. The molecule has 1 aromatic carbocycles. The number of hydrogen-bond acceptors (Lipinski definition) is 8. The molecule has 0 radical (unpaired) electrons. The highest BCUT2D eigenvalue weighted by molar-refractivity contribution is 7.99. The minimum Gasteiger partial charge on any atom is -0.493 e. The van der Waals surface area contributed by atoms with Gasteiger partial charge in [-0.2, -0.15) is 0 Å². The van der Waals surface area contributed by atoms with Crippen LogP contribution in [0, 0.1) is 12.3 Å². The monoisotopic (exact) mass is 458 g/mol. The van der Waals surface area contributed by atoms with E-state index in [1.807, 2.05) is 16.7 Å². The normalized spacial score (nSPS) is 13.2. The molecular formula is C20H22N6O3S2. The summed E-state index contributed by atoms with van der Waals surface area (Å²) in [6.07, 6.45) is 9.92. The molecule has 0 saturated heterocycles. The predicted molar refractivity (Wildman–Crippen MR) is 119 cm³/mol. The van der Waals surface area contributed by atoms with E-state index < -0.39 is 10.0 Å². The van der Waals surface area contributed by atoms with Crippen molar-refractivity contribution in [3.05, 3.63) is 29.6 Å². The molecule has 0 unspecified atom stereocenters. The fraction of sp³-hybridized carbons (Fsp3) is 0.350. The molecule has 162 valence electrons. The number of aryl methyl sites for hydroxylation is 1. The third kappa shape index (κ3) is 4.76. The molecule has 0 aliphatic carbocycles. The number of nitrogens with two attached hydrogens (primary N) is 2. The van der Waals surface area contributed by atoms with Crippen LogP contribution < -0.4 is 15.6 Å². The molecule has 11 heteroatoms. The Morgan fingerprint density at radius 1 is 1.26 bits per heavy atom. The van der Waals surface area contributed by atoms with Crippen LogP contribution >= 0.6 is 11.8 Å². The average Bonchev–Trinajstić information content (AvgIpc) is 3.31. The molecule has 0 fully saturated rings. The molecule has 0 spiro atoms. The lowest BCUT2D eigenvalue weighted by molar-refractivity contribution is 0.356. The third-order valence-electron chi connectivity index (χ3n) is 4.98. The van der Waals surface area contributed by atoms with Crippen LogP contribution in [-0.2, 0) is 23.0 Å². The van der Waals surface area contributed by atoms with Crippen molar-refractivity contribution in [2.45, 2.75) is 42.3 Å². The van der Waals surface area contributed by atoms with Crippen molar-refractivity contribution >= 4 is 38.8 Å². The summed E-state index contributed by atoms with van der Waals surface area (Å²) in [5.74, 6) is 3.86. The SMILES string of the molecule is C#Cc1cc2c(cc1Sc1nc3c(N)ncnc3n1CCCCCS(N)(=O)=O)OCC2. The van der Waals surface area contributed by atoms with Crippen LogP contribution in [0.5, 0.6) is 5.75 Å². The fourth-order valence-corrected chi connectivity index (χ4v) is 5.09. The standard InChI is InChI=1S/C20H22N6O3S2/c1-2-13-10-14-6-8-29-15(14)11-16(13)30-20-25-17-18(21)23-12-24-19(17)26(20)7-4-3-5-9-31(22,27)28/h1,10-12H,3-9H2,(H2,21,23,24)(H2,22,27,28). The number of terminal acetylenes is 1. The molecule has 4 N–H and O–H groups in total. The van der Waals surface area contributed by atoms with Crippen LogP contribution in [0.1, 0.15) is 30.4 Å². The van der Waals surface area contributed by atoms with Crippen molar-refractivity contribution in [2.75, 3.05) is 18.1 Å². The van der Waals surface area contributed by atoms with E-state index in [9.17, 15) is 8.42 Å². The van der Waals surface area contributed by atoms with Gasteiger partial charge in [0.1, 0.15) is 12.1 Å². The van der Waals surface area contributed by atoms with Crippen molar-refractivity contribution in [3.63, 3.8) is 0 Å². The Bertz CT molecular complexity index is 1280. The molecule has 31 heavy (non-hydrogen) atoms. The summed E-state index contributed by atoms with van der Waals surface area (Å²) in [5, 5.41) is 5.76. The number of primary sulfonamides is 1. The quantitative estimate of drug-likeness (QED) is 0.386. The van der Waals surface area contributed by atoms with Gasteiger partial charge in [0.05, 0.1) is 12.4 Å². The molecule has 4 rings (SSSR count). The van der Waals surface area contributed by atoms with Gasteiger partial charge in [0.15, 0.2) is 22.1 Å². The van der Waals surface area contributed by atoms with Crippen molar-refractivity contribution in [1.82, 2.24) is 19.5 Å². The Morgan fingerprint density at radius 2 is 2.10 bits per heavy atom. The lowest BCUT2D eigenvalue weighted by Gasteiger charge is -2.10. The minimum absolute atomic E-state index is 0.0327. The van der Waals surface area contributed by atoms with E-state index in [1.54, 1.807) is 0 Å². The van der Waals surface area contributed by atoms with Crippen LogP contribution in [0.15, 0.2) is 28.5 Å². The van der Waals surface area contributed by atoms with Crippen molar-refractivity contribution < 1.29 is 13.2 Å². The first kappa shape index (κ1) is 21.4. The summed E-state index contributed by atoms with van der Waals surface area (Å²) in [6, 6.07) is 3.94. The van der Waals surface area contributed by atoms with Crippen LogP contribution in [0.4, 0.5) is 5.82 Å². The zero-order valence-corrected chi connectivity index (χ0v) is 18.4. The second kappa shape index (κ2) is 8.74. The topological polar surface area (TPSA) is 139 Å². The maximum atomic E-state index is 11.1. The number of unbranched alkanes of at least 4 members (excludes halogenated alkanes) is 2. The molecule has 1 aliphatic heterocycles. The number of hydrogen-bond donors (Lipinski definition) is 2. The molecule has 2 aromatic heterocycles. The maximum Gasteiger partial charge on any atom is 0.209 e. The summed E-state index contributed by atoms with van der Waals surface area (Å²) in [6.45, 7) is 1.24. The van der Waals surface area contributed by atoms with Gasteiger partial charge in [-0.25, -0.2) is 28.5 Å². The number of rotatable bonds is 8. The Labute approximate surface area is 184 Å². The highest BCUT2D eigenvalue weighted by Crippen LogP contribution is 2.38. The average molecular weight is 459 g/mol.